The van der Waals surface area contributed by atoms with Crippen molar-refractivity contribution in [2.45, 2.75) is 102 Å². The summed E-state index contributed by atoms with van der Waals surface area (Å²) in [5.74, 6) is 6.01. The predicted molar refractivity (Wildman–Crippen MR) is 170 cm³/mol. The van der Waals surface area contributed by atoms with E-state index in [4.69, 9.17) is 0 Å². The van der Waals surface area contributed by atoms with Gasteiger partial charge < -0.3 is 10.2 Å². The molecule has 0 spiro atoms. The molecule has 0 heterocycles. The molecule has 2 aromatic rings. The van der Waals surface area contributed by atoms with Gasteiger partial charge in [0.15, 0.2) is 0 Å². The van der Waals surface area contributed by atoms with Gasteiger partial charge in [-0.3, -0.25) is 9.98 Å². The van der Waals surface area contributed by atoms with Crippen molar-refractivity contribution < 1.29 is 10.2 Å². The van der Waals surface area contributed by atoms with Gasteiger partial charge >= 0.3 is 0 Å². The molecule has 0 radical (unpaired) electrons. The Morgan fingerprint density at radius 3 is 1.19 bits per heavy atom. The van der Waals surface area contributed by atoms with E-state index in [1.54, 1.807) is 0 Å². The Morgan fingerprint density at radius 2 is 0.881 bits per heavy atom. The number of hydrogen-bond acceptors (Lipinski definition) is 4. The third-order valence-corrected chi connectivity index (χ3v) is 12.6. The molecule has 4 heteroatoms. The molecule has 2 aromatic carbocycles. The first-order valence-electron chi connectivity index (χ1n) is 17.0. The summed E-state index contributed by atoms with van der Waals surface area (Å²) < 4.78 is 0. The molecule has 0 atom stereocenters. The third-order valence-electron chi connectivity index (χ3n) is 12.6. The van der Waals surface area contributed by atoms with E-state index in [0.29, 0.717) is 24.6 Å². The fourth-order valence-electron chi connectivity index (χ4n) is 11.9. The van der Waals surface area contributed by atoms with Gasteiger partial charge in [0.05, 0.1) is 13.1 Å². The van der Waals surface area contributed by atoms with Crippen molar-refractivity contribution in [1.29, 1.82) is 0 Å². The number of aliphatic imine (C=N–C) groups is 2. The number of phenols is 2. The van der Waals surface area contributed by atoms with E-state index < -0.39 is 0 Å². The van der Waals surface area contributed by atoms with Crippen LogP contribution in [-0.4, -0.2) is 35.7 Å². The largest absolute Gasteiger partial charge is 0.507 e. The molecule has 42 heavy (non-hydrogen) atoms. The summed E-state index contributed by atoms with van der Waals surface area (Å²) in [4.78, 5) is 9.37. The summed E-state index contributed by atoms with van der Waals surface area (Å²) in [5.41, 5.74) is 6.83. The number of nitrogens with zero attached hydrogens (tertiary/aromatic N) is 2. The number of phenolic OH excluding ortho intramolecular Hbond substituents is 2. The minimum atomic E-state index is 0.169. The summed E-state index contributed by atoms with van der Waals surface area (Å²) in [5, 5.41) is 22.9. The second-order valence-corrected chi connectivity index (χ2v) is 16.0. The second-order valence-electron chi connectivity index (χ2n) is 16.0. The lowest BCUT2D eigenvalue weighted by molar-refractivity contribution is -0.00631. The molecular formula is C38H48N2O2. The maximum absolute atomic E-state index is 11.4. The molecule has 4 nitrogen and oxygen atoms in total. The first-order chi connectivity index (χ1) is 20.3. The van der Waals surface area contributed by atoms with Gasteiger partial charge in [0.1, 0.15) is 11.5 Å². The van der Waals surface area contributed by atoms with Gasteiger partial charge in [0.2, 0.25) is 0 Å². The van der Waals surface area contributed by atoms with Crippen molar-refractivity contribution in [3.8, 4) is 11.5 Å². The number of aromatic hydroxyl groups is 2. The van der Waals surface area contributed by atoms with Crippen molar-refractivity contribution in [1.82, 2.24) is 0 Å². The van der Waals surface area contributed by atoms with Gasteiger partial charge in [0.25, 0.3) is 0 Å². The first-order valence-corrected chi connectivity index (χ1v) is 17.0. The Kier molecular flexibility index (Phi) is 6.39. The molecule has 10 rings (SSSR count). The molecule has 0 saturated heterocycles. The minimum Gasteiger partial charge on any atom is -0.507 e. The fraction of sp³-hybridized carbons (Fsp3) is 0.632. The van der Waals surface area contributed by atoms with Gasteiger partial charge in [0, 0.05) is 34.7 Å². The predicted octanol–water partition coefficient (Wildman–Crippen LogP) is 8.19. The van der Waals surface area contributed by atoms with E-state index >= 15 is 0 Å². The van der Waals surface area contributed by atoms with Crippen LogP contribution in [0, 0.1) is 49.4 Å². The van der Waals surface area contributed by atoms with E-state index in [1.807, 2.05) is 12.4 Å². The molecule has 0 amide bonds. The minimum absolute atomic E-state index is 0.169. The van der Waals surface area contributed by atoms with Crippen LogP contribution in [0.3, 0.4) is 0 Å². The molecule has 8 bridgehead atoms. The van der Waals surface area contributed by atoms with Crippen LogP contribution in [0.1, 0.15) is 110 Å². The Labute approximate surface area is 251 Å². The third kappa shape index (κ3) is 4.54. The second kappa shape index (κ2) is 9.96. The van der Waals surface area contributed by atoms with Crippen LogP contribution in [0.25, 0.3) is 0 Å². The van der Waals surface area contributed by atoms with Crippen molar-refractivity contribution >= 4 is 12.4 Å². The van der Waals surface area contributed by atoms with E-state index in [-0.39, 0.29) is 10.8 Å². The molecule has 8 saturated carbocycles. The SMILES string of the molecule is Cc1cc(C=NCCN=Cc2cc(C)cc(C34CC5CC(CC(C5)C3)C4)c2O)c(O)c(C23CC4CC(CC(C4)C2)C3)c1. The van der Waals surface area contributed by atoms with Crippen molar-refractivity contribution in [2.24, 2.45) is 45.5 Å². The van der Waals surface area contributed by atoms with Crippen molar-refractivity contribution in [3.63, 3.8) is 0 Å². The number of benzene rings is 2. The molecule has 222 valence electrons. The van der Waals surface area contributed by atoms with Crippen molar-refractivity contribution in [2.75, 3.05) is 13.1 Å². The lowest BCUT2D eigenvalue weighted by Gasteiger charge is -2.57. The highest BCUT2D eigenvalue weighted by Crippen LogP contribution is 2.63. The van der Waals surface area contributed by atoms with Gasteiger partial charge in [-0.05, 0) is 160 Å². The Bertz CT molecular complexity index is 1270. The molecule has 8 aliphatic rings. The molecule has 0 aromatic heterocycles. The van der Waals surface area contributed by atoms with Gasteiger partial charge in [-0.15, -0.1) is 0 Å². The average molecular weight is 565 g/mol. The zero-order chi connectivity index (χ0) is 28.6. The first kappa shape index (κ1) is 27.0. The number of hydrogen-bond donors (Lipinski definition) is 2. The standard InChI is InChI=1S/C38H48N2O2/c1-23-5-31(35(41)33(7-23)37-15-25-9-26(16-37)11-27(10-25)17-37)21-39-3-4-40-22-32-6-24(2)8-34(36(32)42)38-18-28-12-29(19-38)14-30(13-28)20-38/h5-8,21-22,25-30,41-42H,3-4,9-20H2,1-2H3. The molecule has 0 aliphatic heterocycles. The van der Waals surface area contributed by atoms with Crippen LogP contribution in [0.4, 0.5) is 0 Å². The van der Waals surface area contributed by atoms with Crippen LogP contribution < -0.4 is 0 Å². The normalized spacial score (nSPS) is 38.0. The highest BCUT2D eigenvalue weighted by Gasteiger charge is 2.53. The summed E-state index contributed by atoms with van der Waals surface area (Å²) in [7, 11) is 0. The monoisotopic (exact) mass is 564 g/mol. The Morgan fingerprint density at radius 1 is 0.571 bits per heavy atom. The molecule has 8 fully saturated rings. The summed E-state index contributed by atoms with van der Waals surface area (Å²) >= 11 is 0. The molecule has 2 N–H and O–H groups in total. The highest BCUT2D eigenvalue weighted by atomic mass is 16.3. The maximum Gasteiger partial charge on any atom is 0.128 e. The lowest BCUT2D eigenvalue weighted by Crippen LogP contribution is -2.48. The molecule has 0 unspecified atom stereocenters. The van der Waals surface area contributed by atoms with Crippen LogP contribution in [-0.2, 0) is 10.8 Å². The van der Waals surface area contributed by atoms with E-state index in [0.717, 1.165) is 46.6 Å². The summed E-state index contributed by atoms with van der Waals surface area (Å²) in [6.45, 7) is 5.42. The van der Waals surface area contributed by atoms with Crippen LogP contribution in [0.15, 0.2) is 34.3 Å². The van der Waals surface area contributed by atoms with Crippen LogP contribution in [0.2, 0.25) is 0 Å². The summed E-state index contributed by atoms with van der Waals surface area (Å²) in [6, 6.07) is 8.66. The quantitative estimate of drug-likeness (QED) is 0.263. The Balaban J connectivity index is 0.962. The van der Waals surface area contributed by atoms with Crippen molar-refractivity contribution in [3.05, 3.63) is 57.6 Å². The maximum atomic E-state index is 11.4. The van der Waals surface area contributed by atoms with Gasteiger partial charge in [-0.25, -0.2) is 0 Å². The van der Waals surface area contributed by atoms with E-state index in [1.165, 1.54) is 99.3 Å². The van der Waals surface area contributed by atoms with Gasteiger partial charge in [-0.2, -0.15) is 0 Å². The molecular weight excluding hydrogens is 516 g/mol. The van der Waals surface area contributed by atoms with E-state index in [2.05, 4.69) is 48.1 Å². The zero-order valence-electron chi connectivity index (χ0n) is 25.6. The van der Waals surface area contributed by atoms with E-state index in [9.17, 15) is 10.2 Å². The number of aryl methyl sites for hydroxylation is 2. The molecule has 8 aliphatic carbocycles. The van der Waals surface area contributed by atoms with Gasteiger partial charge in [-0.1, -0.05) is 12.1 Å². The fourth-order valence-corrected chi connectivity index (χ4v) is 11.9. The smallest absolute Gasteiger partial charge is 0.128 e. The van der Waals surface area contributed by atoms with Crippen LogP contribution >= 0.6 is 0 Å². The highest BCUT2D eigenvalue weighted by molar-refractivity contribution is 5.86. The van der Waals surface area contributed by atoms with Crippen LogP contribution in [0.5, 0.6) is 11.5 Å². The average Bonchev–Trinajstić information content (AvgIpc) is 2.92. The topological polar surface area (TPSA) is 65.2 Å². The summed E-state index contributed by atoms with van der Waals surface area (Å²) in [6.07, 6.45) is 19.6. The number of rotatable bonds is 7. The lowest BCUT2D eigenvalue weighted by atomic mass is 9.48. The Hall–Kier alpha value is -2.62. The zero-order valence-corrected chi connectivity index (χ0v) is 25.6.